The maximum atomic E-state index is 11.1. The zero-order valence-electron chi connectivity index (χ0n) is 15.0. The first-order chi connectivity index (χ1) is 12.2. The molecule has 0 bridgehead atoms. The third kappa shape index (κ3) is 8.57. The van der Waals surface area contributed by atoms with Crippen LogP contribution in [0.25, 0.3) is 0 Å². The normalized spacial score (nSPS) is 10.6. The Morgan fingerprint density at radius 1 is 1.08 bits per heavy atom. The molecule has 140 valence electrons. The third-order valence-electron chi connectivity index (χ3n) is 3.34. The molecule has 0 aliphatic heterocycles. The SMILES string of the molecule is CN=C(NCCSc1ccccc1)NCc1cccc(NC(C)=O)c1.I. The van der Waals surface area contributed by atoms with E-state index in [0.29, 0.717) is 6.54 Å². The number of amides is 1. The van der Waals surface area contributed by atoms with Crippen molar-refractivity contribution in [3.05, 3.63) is 60.2 Å². The molecule has 0 radical (unpaired) electrons. The molecule has 0 aromatic heterocycles. The number of benzene rings is 2. The van der Waals surface area contributed by atoms with Gasteiger partial charge in [0.25, 0.3) is 0 Å². The molecular formula is C19H25IN4OS. The molecular weight excluding hydrogens is 459 g/mol. The molecule has 0 saturated carbocycles. The number of nitrogens with zero attached hydrogens (tertiary/aromatic N) is 1. The van der Waals surface area contributed by atoms with E-state index in [-0.39, 0.29) is 29.9 Å². The fourth-order valence-corrected chi connectivity index (χ4v) is 3.01. The number of anilines is 1. The highest BCUT2D eigenvalue weighted by Crippen LogP contribution is 2.15. The summed E-state index contributed by atoms with van der Waals surface area (Å²) < 4.78 is 0. The second kappa shape index (κ2) is 12.6. The second-order valence-electron chi connectivity index (χ2n) is 5.40. The maximum absolute atomic E-state index is 11.1. The quantitative estimate of drug-likeness (QED) is 0.184. The molecule has 0 heterocycles. The van der Waals surface area contributed by atoms with Crippen LogP contribution >= 0.6 is 35.7 Å². The van der Waals surface area contributed by atoms with E-state index >= 15 is 0 Å². The van der Waals surface area contributed by atoms with Crippen molar-refractivity contribution >= 4 is 53.3 Å². The number of carbonyl (C=O) groups is 1. The summed E-state index contributed by atoms with van der Waals surface area (Å²) in [4.78, 5) is 16.6. The highest BCUT2D eigenvalue weighted by Gasteiger charge is 2.01. The van der Waals surface area contributed by atoms with Gasteiger partial charge in [0.05, 0.1) is 0 Å². The van der Waals surface area contributed by atoms with Crippen molar-refractivity contribution < 1.29 is 4.79 Å². The summed E-state index contributed by atoms with van der Waals surface area (Å²) in [5.41, 5.74) is 1.88. The molecule has 26 heavy (non-hydrogen) atoms. The topological polar surface area (TPSA) is 65.5 Å². The Kier molecular flexibility index (Phi) is 10.8. The Balaban J connectivity index is 0.00000338. The van der Waals surface area contributed by atoms with E-state index in [2.05, 4.69) is 33.1 Å². The first kappa shape index (κ1) is 22.3. The number of rotatable bonds is 7. The summed E-state index contributed by atoms with van der Waals surface area (Å²) in [5, 5.41) is 9.38. The van der Waals surface area contributed by atoms with E-state index in [4.69, 9.17) is 0 Å². The number of aliphatic imine (C=N–C) groups is 1. The van der Waals surface area contributed by atoms with Crippen molar-refractivity contribution in [1.29, 1.82) is 0 Å². The Morgan fingerprint density at radius 2 is 1.85 bits per heavy atom. The minimum atomic E-state index is -0.0708. The fraction of sp³-hybridized carbons (Fsp3) is 0.263. The van der Waals surface area contributed by atoms with Crippen LogP contribution in [0, 0.1) is 0 Å². The van der Waals surface area contributed by atoms with Crippen LogP contribution in [-0.2, 0) is 11.3 Å². The average Bonchev–Trinajstić information content (AvgIpc) is 2.62. The van der Waals surface area contributed by atoms with Gasteiger partial charge in [0.15, 0.2) is 5.96 Å². The van der Waals surface area contributed by atoms with Gasteiger partial charge in [-0.15, -0.1) is 35.7 Å². The zero-order chi connectivity index (χ0) is 17.9. The van der Waals surface area contributed by atoms with Gasteiger partial charge in [0.2, 0.25) is 5.91 Å². The van der Waals surface area contributed by atoms with Crippen LogP contribution < -0.4 is 16.0 Å². The molecule has 1 amide bonds. The second-order valence-corrected chi connectivity index (χ2v) is 6.56. The predicted octanol–water partition coefficient (Wildman–Crippen LogP) is 3.72. The van der Waals surface area contributed by atoms with E-state index in [1.54, 1.807) is 7.05 Å². The zero-order valence-corrected chi connectivity index (χ0v) is 18.1. The van der Waals surface area contributed by atoms with Crippen LogP contribution in [-0.4, -0.2) is 31.2 Å². The van der Waals surface area contributed by atoms with Gasteiger partial charge in [0, 0.05) is 43.4 Å². The lowest BCUT2D eigenvalue weighted by Crippen LogP contribution is -2.37. The highest BCUT2D eigenvalue weighted by molar-refractivity contribution is 14.0. The number of nitrogens with one attached hydrogen (secondary N) is 3. The van der Waals surface area contributed by atoms with Crippen LogP contribution in [0.15, 0.2) is 64.5 Å². The molecule has 0 atom stereocenters. The Hall–Kier alpha value is -1.74. The average molecular weight is 484 g/mol. The van der Waals surface area contributed by atoms with Gasteiger partial charge in [-0.3, -0.25) is 9.79 Å². The summed E-state index contributed by atoms with van der Waals surface area (Å²) in [7, 11) is 1.76. The third-order valence-corrected chi connectivity index (χ3v) is 4.35. The monoisotopic (exact) mass is 484 g/mol. The van der Waals surface area contributed by atoms with E-state index < -0.39 is 0 Å². The number of thioether (sulfide) groups is 1. The number of hydrogen-bond donors (Lipinski definition) is 3. The van der Waals surface area contributed by atoms with Gasteiger partial charge in [-0.2, -0.15) is 0 Å². The summed E-state index contributed by atoms with van der Waals surface area (Å²) in [6.07, 6.45) is 0. The summed E-state index contributed by atoms with van der Waals surface area (Å²) in [6.45, 7) is 2.97. The van der Waals surface area contributed by atoms with Crippen molar-refractivity contribution in [2.75, 3.05) is 24.7 Å². The number of carbonyl (C=O) groups excluding carboxylic acids is 1. The molecule has 7 heteroatoms. The minimum Gasteiger partial charge on any atom is -0.356 e. The molecule has 5 nitrogen and oxygen atoms in total. The van der Waals surface area contributed by atoms with Crippen LogP contribution in [0.2, 0.25) is 0 Å². The van der Waals surface area contributed by atoms with Gasteiger partial charge in [-0.05, 0) is 29.8 Å². The van der Waals surface area contributed by atoms with Crippen LogP contribution in [0.1, 0.15) is 12.5 Å². The van der Waals surface area contributed by atoms with Crippen molar-refractivity contribution in [2.24, 2.45) is 4.99 Å². The fourth-order valence-electron chi connectivity index (χ4n) is 2.22. The Morgan fingerprint density at radius 3 is 2.54 bits per heavy atom. The standard InChI is InChI=1S/C19H24N4OS.HI/c1-15(24)23-17-8-6-7-16(13-17)14-22-19(20-2)21-11-12-25-18-9-4-3-5-10-18;/h3-10,13H,11-12,14H2,1-2H3,(H,23,24)(H2,20,21,22);1H. The van der Waals surface area contributed by atoms with E-state index in [1.165, 1.54) is 11.8 Å². The lowest BCUT2D eigenvalue weighted by molar-refractivity contribution is -0.114. The number of guanidine groups is 1. The molecule has 2 rings (SSSR count). The number of hydrogen-bond acceptors (Lipinski definition) is 3. The molecule has 2 aromatic rings. The van der Waals surface area contributed by atoms with Crippen LogP contribution in [0.4, 0.5) is 5.69 Å². The van der Waals surface area contributed by atoms with Crippen molar-refractivity contribution in [1.82, 2.24) is 10.6 Å². The largest absolute Gasteiger partial charge is 0.356 e. The van der Waals surface area contributed by atoms with Crippen molar-refractivity contribution in [3.8, 4) is 0 Å². The lowest BCUT2D eigenvalue weighted by atomic mass is 10.2. The van der Waals surface area contributed by atoms with Crippen molar-refractivity contribution in [3.63, 3.8) is 0 Å². The summed E-state index contributed by atoms with van der Waals surface area (Å²) in [6, 6.07) is 18.1. The van der Waals surface area contributed by atoms with Crippen LogP contribution in [0.5, 0.6) is 0 Å². The molecule has 0 fully saturated rings. The maximum Gasteiger partial charge on any atom is 0.221 e. The molecule has 3 N–H and O–H groups in total. The molecule has 0 spiro atoms. The lowest BCUT2D eigenvalue weighted by Gasteiger charge is -2.12. The van der Waals surface area contributed by atoms with E-state index in [9.17, 15) is 4.79 Å². The number of halogens is 1. The van der Waals surface area contributed by atoms with E-state index in [0.717, 1.165) is 29.5 Å². The van der Waals surface area contributed by atoms with Gasteiger partial charge in [-0.1, -0.05) is 30.3 Å². The van der Waals surface area contributed by atoms with Gasteiger partial charge >= 0.3 is 0 Å². The Bertz CT molecular complexity index is 710. The molecule has 2 aromatic carbocycles. The van der Waals surface area contributed by atoms with Crippen LogP contribution in [0.3, 0.4) is 0 Å². The summed E-state index contributed by atoms with van der Waals surface area (Å²) in [5.74, 6) is 1.65. The molecule has 0 aliphatic rings. The van der Waals surface area contributed by atoms with Gasteiger partial charge < -0.3 is 16.0 Å². The molecule has 0 unspecified atom stereocenters. The highest BCUT2D eigenvalue weighted by atomic mass is 127. The molecule has 0 saturated heterocycles. The van der Waals surface area contributed by atoms with Gasteiger partial charge in [-0.25, -0.2) is 0 Å². The minimum absolute atomic E-state index is 0. The predicted molar refractivity (Wildman–Crippen MR) is 122 cm³/mol. The first-order valence-corrected chi connectivity index (χ1v) is 9.15. The molecule has 0 aliphatic carbocycles. The van der Waals surface area contributed by atoms with E-state index in [1.807, 2.05) is 54.2 Å². The smallest absolute Gasteiger partial charge is 0.221 e. The summed E-state index contributed by atoms with van der Waals surface area (Å²) >= 11 is 1.81. The van der Waals surface area contributed by atoms with Crippen molar-refractivity contribution in [2.45, 2.75) is 18.4 Å². The first-order valence-electron chi connectivity index (χ1n) is 8.16. The van der Waals surface area contributed by atoms with Gasteiger partial charge in [0.1, 0.15) is 0 Å². The Labute approximate surface area is 176 Å².